The molecule has 4 aliphatic heterocycles. The van der Waals surface area contributed by atoms with Crippen LogP contribution in [-0.2, 0) is 38.4 Å². The van der Waals surface area contributed by atoms with Crippen LogP contribution < -0.4 is 9.80 Å². The summed E-state index contributed by atoms with van der Waals surface area (Å²) in [4.78, 5) is 50.9. The predicted molar refractivity (Wildman–Crippen MR) is 165 cm³/mol. The Morgan fingerprint density at radius 2 is 1.21 bits per heavy atom. The summed E-state index contributed by atoms with van der Waals surface area (Å²) in [5.74, 6) is -0.960. The van der Waals surface area contributed by atoms with Crippen LogP contribution in [0.2, 0.25) is 0 Å². The van der Waals surface area contributed by atoms with Crippen LogP contribution in [0.3, 0.4) is 0 Å². The van der Waals surface area contributed by atoms with Gasteiger partial charge in [0, 0.05) is 23.0 Å². The summed E-state index contributed by atoms with van der Waals surface area (Å²) in [5.41, 5.74) is 2.50. The molecule has 0 saturated carbocycles. The Morgan fingerprint density at radius 3 is 1.81 bits per heavy atom. The van der Waals surface area contributed by atoms with Gasteiger partial charge in [-0.2, -0.15) is 0 Å². The molecule has 2 fully saturated rings. The molecule has 0 unspecified atom stereocenters. The second-order valence-electron chi connectivity index (χ2n) is 12.3. The SMILES string of the molecule is CC(=O)[C@H]1[C@H]2CCCN2[C@@]2(C(=O)N(Cc3ccccc3)c3ccccc32)[C@]12C(=O)N(Cc1ccccc1)c1ccccc12. The van der Waals surface area contributed by atoms with E-state index in [1.807, 2.05) is 119 Å². The molecular weight excluding hydrogens is 534 g/mol. The third-order valence-corrected chi connectivity index (χ3v) is 10.3. The molecule has 6 nitrogen and oxygen atoms in total. The van der Waals surface area contributed by atoms with E-state index in [4.69, 9.17) is 0 Å². The van der Waals surface area contributed by atoms with Gasteiger partial charge in [0.1, 0.15) is 16.7 Å². The number of anilines is 2. The maximum absolute atomic E-state index is 15.5. The molecule has 0 aromatic heterocycles. The van der Waals surface area contributed by atoms with E-state index >= 15 is 9.59 Å². The van der Waals surface area contributed by atoms with E-state index in [0.717, 1.165) is 46.5 Å². The Bertz CT molecular complexity index is 1770. The number of benzene rings is 4. The van der Waals surface area contributed by atoms with Gasteiger partial charge >= 0.3 is 0 Å². The normalized spacial score (nSPS) is 27.3. The molecule has 8 rings (SSSR count). The van der Waals surface area contributed by atoms with Gasteiger partial charge in [-0.05, 0) is 55.1 Å². The minimum absolute atomic E-state index is 0.0368. The van der Waals surface area contributed by atoms with Crippen molar-refractivity contribution in [3.05, 3.63) is 131 Å². The first-order valence-corrected chi connectivity index (χ1v) is 15.2. The van der Waals surface area contributed by atoms with E-state index in [-0.39, 0.29) is 23.6 Å². The number of ketones is 1. The number of carbonyl (C=O) groups excluding carboxylic acids is 3. The van der Waals surface area contributed by atoms with Crippen LogP contribution in [0.1, 0.15) is 42.0 Å². The number of Topliss-reactive ketones (excluding diaryl/α,β-unsaturated/α-hetero) is 1. The minimum atomic E-state index is -1.39. The molecule has 43 heavy (non-hydrogen) atoms. The Balaban J connectivity index is 1.42. The highest BCUT2D eigenvalue weighted by molar-refractivity contribution is 6.21. The van der Waals surface area contributed by atoms with Crippen LogP contribution in [-0.4, -0.2) is 35.1 Å². The summed E-state index contributed by atoms with van der Waals surface area (Å²) < 4.78 is 0. The van der Waals surface area contributed by atoms with Crippen molar-refractivity contribution in [3.8, 4) is 0 Å². The fourth-order valence-corrected chi connectivity index (χ4v) is 8.94. The lowest BCUT2D eigenvalue weighted by molar-refractivity contribution is -0.142. The second kappa shape index (κ2) is 9.48. The monoisotopic (exact) mass is 567 g/mol. The van der Waals surface area contributed by atoms with Crippen molar-refractivity contribution in [1.29, 1.82) is 0 Å². The molecule has 0 aliphatic carbocycles. The second-order valence-corrected chi connectivity index (χ2v) is 12.3. The third kappa shape index (κ3) is 3.24. The number of hydrogen-bond donors (Lipinski definition) is 0. The molecule has 2 spiro atoms. The average molecular weight is 568 g/mol. The van der Waals surface area contributed by atoms with Gasteiger partial charge in [-0.25, -0.2) is 0 Å². The number of nitrogens with zero attached hydrogens (tertiary/aromatic N) is 3. The van der Waals surface area contributed by atoms with Crippen LogP contribution in [0.15, 0.2) is 109 Å². The van der Waals surface area contributed by atoms with Gasteiger partial charge in [0.2, 0.25) is 5.91 Å². The van der Waals surface area contributed by atoms with Crippen molar-refractivity contribution in [2.75, 3.05) is 16.3 Å². The molecule has 6 heteroatoms. The van der Waals surface area contributed by atoms with E-state index in [9.17, 15) is 4.79 Å². The molecule has 4 aromatic rings. The van der Waals surface area contributed by atoms with Crippen molar-refractivity contribution >= 4 is 29.0 Å². The molecule has 2 amide bonds. The third-order valence-electron chi connectivity index (χ3n) is 10.3. The van der Waals surface area contributed by atoms with Crippen molar-refractivity contribution in [2.45, 2.75) is 49.9 Å². The standard InChI is InChI=1S/C37H33N3O3/c1-25(41)33-32-21-12-22-40(32)37(29-18-9-11-20-31(29)39(35(37)43)24-27-15-6-3-7-16-27)36(33)28-17-8-10-19-30(28)38(34(36)42)23-26-13-4-2-5-14-26/h2-11,13-20,32-33H,12,21-24H2,1H3/t32-,33+,36+,37+/m1/s1. The Hall–Kier alpha value is -4.55. The number of amides is 2. The van der Waals surface area contributed by atoms with E-state index in [1.165, 1.54) is 0 Å². The highest BCUT2D eigenvalue weighted by Crippen LogP contribution is 2.69. The summed E-state index contributed by atoms with van der Waals surface area (Å²) in [6.07, 6.45) is 1.65. The predicted octanol–water partition coefficient (Wildman–Crippen LogP) is 5.60. The summed E-state index contributed by atoms with van der Waals surface area (Å²) in [5, 5.41) is 0. The van der Waals surface area contributed by atoms with Crippen LogP contribution in [0, 0.1) is 5.92 Å². The zero-order valence-electron chi connectivity index (χ0n) is 24.1. The van der Waals surface area contributed by atoms with Gasteiger partial charge in [0.05, 0.1) is 19.0 Å². The number of carbonyl (C=O) groups is 3. The zero-order chi connectivity index (χ0) is 29.3. The molecule has 0 radical (unpaired) electrons. The lowest BCUT2D eigenvalue weighted by Crippen LogP contribution is -2.64. The van der Waals surface area contributed by atoms with E-state index in [1.54, 1.807) is 6.92 Å². The molecule has 0 bridgehead atoms. The lowest BCUT2D eigenvalue weighted by atomic mass is 9.57. The van der Waals surface area contributed by atoms with Crippen LogP contribution in [0.5, 0.6) is 0 Å². The Morgan fingerprint density at radius 1 is 0.698 bits per heavy atom. The highest BCUT2D eigenvalue weighted by atomic mass is 16.2. The topological polar surface area (TPSA) is 60.9 Å². The zero-order valence-corrected chi connectivity index (χ0v) is 24.1. The van der Waals surface area contributed by atoms with Crippen molar-refractivity contribution < 1.29 is 14.4 Å². The summed E-state index contributed by atoms with van der Waals surface area (Å²) in [7, 11) is 0. The van der Waals surface area contributed by atoms with Gasteiger partial charge in [-0.15, -0.1) is 0 Å². The number of rotatable bonds is 5. The summed E-state index contributed by atoms with van der Waals surface area (Å²) in [6.45, 7) is 3.03. The molecule has 4 atom stereocenters. The molecule has 214 valence electrons. The van der Waals surface area contributed by atoms with Crippen LogP contribution >= 0.6 is 0 Å². The largest absolute Gasteiger partial charge is 0.307 e. The lowest BCUT2D eigenvalue weighted by Gasteiger charge is -2.44. The van der Waals surface area contributed by atoms with Gasteiger partial charge in [-0.1, -0.05) is 97.1 Å². The number of fused-ring (bicyclic) bond motifs is 7. The molecular formula is C37H33N3O3. The summed E-state index contributed by atoms with van der Waals surface area (Å²) >= 11 is 0. The quantitative estimate of drug-likeness (QED) is 0.315. The van der Waals surface area contributed by atoms with Crippen molar-refractivity contribution in [1.82, 2.24) is 4.90 Å². The Labute approximate surface area is 251 Å². The van der Waals surface area contributed by atoms with Gasteiger partial charge in [0.25, 0.3) is 5.91 Å². The highest BCUT2D eigenvalue weighted by Gasteiger charge is 2.82. The molecule has 2 saturated heterocycles. The smallest absolute Gasteiger partial charge is 0.254 e. The molecule has 4 aromatic carbocycles. The van der Waals surface area contributed by atoms with E-state index in [2.05, 4.69) is 4.90 Å². The number of para-hydroxylation sites is 2. The van der Waals surface area contributed by atoms with Crippen LogP contribution in [0.4, 0.5) is 11.4 Å². The first-order chi connectivity index (χ1) is 21.0. The summed E-state index contributed by atoms with van der Waals surface area (Å²) in [6, 6.07) is 35.5. The molecule has 4 aliphatic rings. The van der Waals surface area contributed by atoms with Crippen molar-refractivity contribution in [2.24, 2.45) is 5.92 Å². The van der Waals surface area contributed by atoms with E-state index < -0.39 is 16.9 Å². The number of hydrogen-bond acceptors (Lipinski definition) is 4. The molecule has 0 N–H and O–H groups in total. The first kappa shape index (κ1) is 26.1. The minimum Gasteiger partial charge on any atom is -0.307 e. The first-order valence-electron chi connectivity index (χ1n) is 15.2. The van der Waals surface area contributed by atoms with Gasteiger partial charge in [0.15, 0.2) is 0 Å². The van der Waals surface area contributed by atoms with Gasteiger partial charge in [-0.3, -0.25) is 19.3 Å². The fourth-order valence-electron chi connectivity index (χ4n) is 8.94. The fraction of sp³-hybridized carbons (Fsp3) is 0.270. The van der Waals surface area contributed by atoms with E-state index in [0.29, 0.717) is 19.6 Å². The maximum atomic E-state index is 15.5. The van der Waals surface area contributed by atoms with Crippen LogP contribution in [0.25, 0.3) is 0 Å². The molecule has 4 heterocycles. The maximum Gasteiger partial charge on any atom is 0.254 e. The average Bonchev–Trinajstić information content (AvgIpc) is 3.73. The van der Waals surface area contributed by atoms with Crippen molar-refractivity contribution in [3.63, 3.8) is 0 Å². The van der Waals surface area contributed by atoms with Gasteiger partial charge < -0.3 is 9.80 Å². The Kier molecular flexibility index (Phi) is 5.75.